The van der Waals surface area contributed by atoms with Gasteiger partial charge in [0.2, 0.25) is 9.05 Å². The van der Waals surface area contributed by atoms with Gasteiger partial charge in [0.25, 0.3) is 0 Å². The average Bonchev–Trinajstić information content (AvgIpc) is 2.04. The molecular weight excluding hydrogens is 232 g/mol. The van der Waals surface area contributed by atoms with E-state index >= 15 is 0 Å². The van der Waals surface area contributed by atoms with Crippen molar-refractivity contribution in [1.82, 2.24) is 0 Å². The minimum absolute atomic E-state index is 0.161. The second-order valence-corrected chi connectivity index (χ2v) is 5.53. The van der Waals surface area contributed by atoms with Gasteiger partial charge in [-0.25, -0.2) is 8.42 Å². The molecule has 0 unspecified atom stereocenters. The second-order valence-electron chi connectivity index (χ2n) is 2.75. The molecule has 0 amide bonds. The molecule has 0 aromatic carbocycles. The largest absolute Gasteiger partial charge is 0.236 e. The Kier molecular flexibility index (Phi) is 9.84. The highest BCUT2D eigenvalue weighted by atomic mass is 35.7. The van der Waals surface area contributed by atoms with Crippen LogP contribution in [-0.4, -0.2) is 14.2 Å². The summed E-state index contributed by atoms with van der Waals surface area (Å²) in [6.07, 6.45) is 5.16. The molecule has 2 nitrogen and oxygen atoms in total. The average molecular weight is 251 g/mol. The third-order valence-corrected chi connectivity index (χ3v) is 2.16. The van der Waals surface area contributed by atoms with Gasteiger partial charge in [0.15, 0.2) is 0 Å². The van der Waals surface area contributed by atoms with E-state index in [1.165, 1.54) is 0 Å². The van der Waals surface area contributed by atoms with Crippen LogP contribution in [-0.2, 0) is 9.05 Å². The van der Waals surface area contributed by atoms with E-state index < -0.39 is 9.05 Å². The van der Waals surface area contributed by atoms with Crippen molar-refractivity contribution in [2.75, 3.05) is 5.75 Å². The van der Waals surface area contributed by atoms with E-state index in [2.05, 4.69) is 6.58 Å². The van der Waals surface area contributed by atoms with E-state index in [0.29, 0.717) is 5.57 Å². The molecule has 15 heavy (non-hydrogen) atoms. The molecule has 0 N–H and O–H groups in total. The van der Waals surface area contributed by atoms with Gasteiger partial charge >= 0.3 is 0 Å². The Bertz CT molecular complexity index is 338. The van der Waals surface area contributed by atoms with Crippen LogP contribution in [0.2, 0.25) is 0 Å². The fourth-order valence-electron chi connectivity index (χ4n) is 0.868. The summed E-state index contributed by atoms with van der Waals surface area (Å²) in [5, 5.41) is 0. The lowest BCUT2D eigenvalue weighted by molar-refractivity contribution is 0.611. The predicted molar refractivity (Wildman–Crippen MR) is 68.7 cm³/mol. The topological polar surface area (TPSA) is 34.1 Å². The molecule has 0 fully saturated rings. The molecule has 0 saturated heterocycles. The van der Waals surface area contributed by atoms with Gasteiger partial charge in [0.1, 0.15) is 0 Å². The molecule has 0 aromatic rings. The van der Waals surface area contributed by atoms with Crippen LogP contribution in [0.4, 0.5) is 0 Å². The first-order valence-corrected chi connectivity index (χ1v) is 7.24. The molecule has 0 rings (SSSR count). The summed E-state index contributed by atoms with van der Waals surface area (Å²) in [5.74, 6) is -0.161. The molecule has 0 heterocycles. The number of rotatable bonds is 4. The van der Waals surface area contributed by atoms with Crippen molar-refractivity contribution >= 4 is 19.7 Å². The Morgan fingerprint density at radius 3 is 2.13 bits per heavy atom. The van der Waals surface area contributed by atoms with Crippen molar-refractivity contribution in [2.24, 2.45) is 0 Å². The van der Waals surface area contributed by atoms with Crippen LogP contribution < -0.4 is 0 Å². The molecule has 0 saturated carbocycles. The van der Waals surface area contributed by atoms with Crippen LogP contribution in [0.1, 0.15) is 27.7 Å². The number of hydrogen-bond donors (Lipinski definition) is 0. The molecule has 88 valence electrons. The monoisotopic (exact) mass is 250 g/mol. The maximum Gasteiger partial charge on any atom is 0.236 e. The van der Waals surface area contributed by atoms with Crippen molar-refractivity contribution in [1.29, 1.82) is 0 Å². The maximum atomic E-state index is 10.8. The zero-order valence-electron chi connectivity index (χ0n) is 9.75. The van der Waals surface area contributed by atoms with Gasteiger partial charge in [-0.3, -0.25) is 0 Å². The van der Waals surface area contributed by atoms with E-state index in [1.807, 2.05) is 20.8 Å². The van der Waals surface area contributed by atoms with E-state index in [9.17, 15) is 8.42 Å². The summed E-state index contributed by atoms with van der Waals surface area (Å²) in [7, 11) is 1.64. The maximum absolute atomic E-state index is 10.8. The zero-order valence-corrected chi connectivity index (χ0v) is 11.3. The molecule has 0 atom stereocenters. The van der Waals surface area contributed by atoms with Gasteiger partial charge in [-0.1, -0.05) is 44.2 Å². The van der Waals surface area contributed by atoms with Crippen molar-refractivity contribution in [3.63, 3.8) is 0 Å². The van der Waals surface area contributed by atoms with Gasteiger partial charge in [0, 0.05) is 10.7 Å². The minimum Gasteiger partial charge on any atom is -0.212 e. The lowest BCUT2D eigenvalue weighted by atomic mass is 10.2. The quantitative estimate of drug-likeness (QED) is 0.564. The van der Waals surface area contributed by atoms with Gasteiger partial charge in [0.05, 0.1) is 5.75 Å². The van der Waals surface area contributed by atoms with Crippen molar-refractivity contribution < 1.29 is 8.42 Å². The lowest BCUT2D eigenvalue weighted by Gasteiger charge is -1.98. The van der Waals surface area contributed by atoms with Crippen molar-refractivity contribution in [3.05, 3.63) is 36.0 Å². The Morgan fingerprint density at radius 1 is 1.40 bits per heavy atom. The van der Waals surface area contributed by atoms with Gasteiger partial charge in [-0.15, -0.1) is 0 Å². The minimum atomic E-state index is -3.48. The van der Waals surface area contributed by atoms with Crippen LogP contribution >= 0.6 is 10.7 Å². The number of allylic oxidation sites excluding steroid dienone is 4. The van der Waals surface area contributed by atoms with Crippen LogP contribution in [0.5, 0.6) is 0 Å². The summed E-state index contributed by atoms with van der Waals surface area (Å²) in [4.78, 5) is 0. The van der Waals surface area contributed by atoms with E-state index in [0.717, 1.165) is 5.57 Å². The Hall–Kier alpha value is -0.540. The number of hydrogen-bond acceptors (Lipinski definition) is 2. The first kappa shape index (κ1) is 16.9. The molecule has 0 radical (unpaired) electrons. The van der Waals surface area contributed by atoms with Gasteiger partial charge < -0.3 is 0 Å². The summed E-state index contributed by atoms with van der Waals surface area (Å²) in [5.41, 5.74) is 1.44. The SMILES string of the molecule is C=C(C)/C=C(\C=C/C)CS(=O)(=O)Cl.CC. The molecule has 4 heteroatoms. The Labute approximate surface area is 97.8 Å². The van der Waals surface area contributed by atoms with Crippen LogP contribution in [0.25, 0.3) is 0 Å². The fraction of sp³-hybridized carbons (Fsp3) is 0.455. The molecule has 0 spiro atoms. The molecule has 0 aliphatic rings. The fourth-order valence-corrected chi connectivity index (χ4v) is 1.82. The highest BCUT2D eigenvalue weighted by molar-refractivity contribution is 8.13. The van der Waals surface area contributed by atoms with Gasteiger partial charge in [-0.05, 0) is 19.4 Å². The number of halogens is 1. The standard InChI is InChI=1S/C9H13ClO2S.C2H6/c1-4-5-9(6-8(2)3)7-13(10,11)12;1-2/h4-6H,2,7H2,1,3H3;1-2H3/b5-4-,9-6+;. The van der Waals surface area contributed by atoms with E-state index in [1.54, 1.807) is 25.2 Å². The van der Waals surface area contributed by atoms with Crippen LogP contribution in [0.15, 0.2) is 36.0 Å². The van der Waals surface area contributed by atoms with Gasteiger partial charge in [-0.2, -0.15) is 0 Å². The summed E-state index contributed by atoms with van der Waals surface area (Å²) in [6, 6.07) is 0. The second kappa shape index (κ2) is 8.74. The molecule has 0 bridgehead atoms. The Morgan fingerprint density at radius 2 is 1.87 bits per heavy atom. The third-order valence-electron chi connectivity index (χ3n) is 1.15. The van der Waals surface area contributed by atoms with E-state index in [4.69, 9.17) is 10.7 Å². The zero-order chi connectivity index (χ0) is 12.5. The van der Waals surface area contributed by atoms with Crippen molar-refractivity contribution in [2.45, 2.75) is 27.7 Å². The first-order valence-electron chi connectivity index (χ1n) is 4.76. The molecule has 0 aliphatic carbocycles. The van der Waals surface area contributed by atoms with Crippen LogP contribution in [0, 0.1) is 0 Å². The highest BCUT2D eigenvalue weighted by Crippen LogP contribution is 2.09. The highest BCUT2D eigenvalue weighted by Gasteiger charge is 2.06. The normalized spacial score (nSPS) is 12.2. The Balaban J connectivity index is 0. The third kappa shape index (κ3) is 13.5. The first-order chi connectivity index (χ1) is 6.85. The lowest BCUT2D eigenvalue weighted by Crippen LogP contribution is -1.99. The van der Waals surface area contributed by atoms with Crippen molar-refractivity contribution in [3.8, 4) is 0 Å². The summed E-state index contributed by atoms with van der Waals surface area (Å²) < 4.78 is 21.5. The molecule has 0 aliphatic heterocycles. The smallest absolute Gasteiger partial charge is 0.212 e. The van der Waals surface area contributed by atoms with E-state index in [-0.39, 0.29) is 5.75 Å². The molecular formula is C11H19ClO2S. The summed E-state index contributed by atoms with van der Waals surface area (Å²) in [6.45, 7) is 11.3. The summed E-state index contributed by atoms with van der Waals surface area (Å²) >= 11 is 0. The predicted octanol–water partition coefficient (Wildman–Crippen LogP) is 3.66. The van der Waals surface area contributed by atoms with Crippen LogP contribution in [0.3, 0.4) is 0 Å². The molecule has 0 aromatic heterocycles.